The van der Waals surface area contributed by atoms with Crippen LogP contribution in [0.5, 0.6) is 0 Å². The second kappa shape index (κ2) is 6.81. The zero-order valence-electron chi connectivity index (χ0n) is 13.5. The number of rotatable bonds is 3. The Labute approximate surface area is 162 Å². The number of benzene rings is 1. The highest BCUT2D eigenvalue weighted by atomic mass is 35.5. The van der Waals surface area contributed by atoms with Gasteiger partial charge in [0, 0.05) is 29.1 Å². The van der Waals surface area contributed by atoms with Crippen LogP contribution < -0.4 is 0 Å². The molecule has 0 bridgehead atoms. The fraction of sp³-hybridized carbons (Fsp3) is 0.125. The molecule has 2 heterocycles. The number of aromatic nitrogens is 3. The normalized spacial score (nSPS) is 12.4. The van der Waals surface area contributed by atoms with E-state index in [-0.39, 0.29) is 27.0 Å². The summed E-state index contributed by atoms with van der Waals surface area (Å²) in [5, 5.41) is 3.97. The van der Waals surface area contributed by atoms with Crippen LogP contribution in [0.15, 0.2) is 47.5 Å². The molecule has 0 saturated carbocycles. The highest BCUT2D eigenvalue weighted by Gasteiger charge is 2.35. The Bertz CT molecular complexity index is 1130. The van der Waals surface area contributed by atoms with Gasteiger partial charge in [0.1, 0.15) is 0 Å². The Morgan fingerprint density at radius 2 is 1.78 bits per heavy atom. The molecule has 0 amide bonds. The van der Waals surface area contributed by atoms with E-state index >= 15 is 0 Å². The third-order valence-electron chi connectivity index (χ3n) is 3.57. The molecular weight excluding hydrogens is 426 g/mol. The summed E-state index contributed by atoms with van der Waals surface area (Å²) in [4.78, 5) is 3.84. The highest BCUT2D eigenvalue weighted by Crippen LogP contribution is 2.36. The summed E-state index contributed by atoms with van der Waals surface area (Å²) in [7, 11) is -3.59. The Kier molecular flexibility index (Phi) is 4.96. The van der Waals surface area contributed by atoms with E-state index < -0.39 is 21.7 Å². The Morgan fingerprint density at radius 3 is 2.37 bits per heavy atom. The lowest BCUT2D eigenvalue weighted by atomic mass is 10.1. The molecule has 1 aromatic carbocycles. The van der Waals surface area contributed by atoms with Gasteiger partial charge in [-0.15, -0.1) is 0 Å². The number of sulfone groups is 1. The maximum atomic E-state index is 13.2. The largest absolute Gasteiger partial charge is 0.435 e. The number of alkyl halides is 3. The molecule has 5 nitrogen and oxygen atoms in total. The summed E-state index contributed by atoms with van der Waals surface area (Å²) in [6, 6.07) is 7.47. The van der Waals surface area contributed by atoms with Crippen molar-refractivity contribution >= 4 is 33.0 Å². The number of hydrogen-bond acceptors (Lipinski definition) is 4. The lowest BCUT2D eigenvalue weighted by molar-refractivity contribution is -0.141. The van der Waals surface area contributed by atoms with Gasteiger partial charge in [0.2, 0.25) is 0 Å². The summed E-state index contributed by atoms with van der Waals surface area (Å²) in [6.45, 7) is 0. The van der Waals surface area contributed by atoms with E-state index in [9.17, 15) is 21.6 Å². The summed E-state index contributed by atoms with van der Waals surface area (Å²) >= 11 is 12.0. The van der Waals surface area contributed by atoms with Crippen molar-refractivity contribution in [2.75, 3.05) is 6.26 Å². The van der Waals surface area contributed by atoms with Gasteiger partial charge in [-0.2, -0.15) is 18.3 Å². The molecule has 0 aliphatic carbocycles. The molecule has 0 radical (unpaired) electrons. The van der Waals surface area contributed by atoms with Gasteiger partial charge >= 0.3 is 6.18 Å². The minimum atomic E-state index is -4.71. The molecule has 142 valence electrons. The predicted molar refractivity (Wildman–Crippen MR) is 94.9 cm³/mol. The summed E-state index contributed by atoms with van der Waals surface area (Å²) in [5.74, 6) is -0.102. The molecule has 3 aromatic rings. The van der Waals surface area contributed by atoms with Crippen molar-refractivity contribution in [2.45, 2.75) is 11.1 Å². The molecule has 0 aliphatic heterocycles. The van der Waals surface area contributed by atoms with Crippen LogP contribution in [-0.4, -0.2) is 29.4 Å². The van der Waals surface area contributed by atoms with Crippen molar-refractivity contribution in [3.05, 3.63) is 58.3 Å². The molecule has 2 aromatic heterocycles. The van der Waals surface area contributed by atoms with Gasteiger partial charge in [-0.05, 0) is 30.3 Å². The molecular formula is C16H10Cl2F3N3O2S. The average molecular weight is 436 g/mol. The van der Waals surface area contributed by atoms with Gasteiger partial charge in [0.15, 0.2) is 21.3 Å². The van der Waals surface area contributed by atoms with Crippen LogP contribution >= 0.6 is 23.2 Å². The molecule has 0 atom stereocenters. The van der Waals surface area contributed by atoms with E-state index in [0.717, 1.165) is 23.1 Å². The van der Waals surface area contributed by atoms with Crippen LogP contribution in [0.2, 0.25) is 10.0 Å². The van der Waals surface area contributed by atoms with Crippen LogP contribution in [-0.2, 0) is 16.0 Å². The predicted octanol–water partition coefficient (Wildman–Crippen LogP) is 4.66. The smallest absolute Gasteiger partial charge is 0.237 e. The SMILES string of the molecule is CS(=O)(=O)c1ccnc(-n2nc(C(F)(F)F)cc2-c2ccc(Cl)cc2Cl)c1. The Morgan fingerprint density at radius 1 is 1.07 bits per heavy atom. The zero-order valence-corrected chi connectivity index (χ0v) is 15.8. The molecule has 27 heavy (non-hydrogen) atoms. The molecule has 0 spiro atoms. The number of pyridine rings is 1. The summed E-state index contributed by atoms with van der Waals surface area (Å²) in [5.41, 5.74) is -0.951. The third kappa shape index (κ3) is 4.10. The number of nitrogens with zero attached hydrogens (tertiary/aromatic N) is 3. The van der Waals surface area contributed by atoms with Gasteiger partial charge < -0.3 is 0 Å². The summed E-state index contributed by atoms with van der Waals surface area (Å²) < 4.78 is 64.0. The lowest BCUT2D eigenvalue weighted by Gasteiger charge is -2.09. The van der Waals surface area contributed by atoms with Crippen molar-refractivity contribution in [1.29, 1.82) is 0 Å². The first kappa shape index (κ1) is 19.7. The van der Waals surface area contributed by atoms with E-state index in [1.54, 1.807) is 0 Å². The maximum absolute atomic E-state index is 13.2. The van der Waals surface area contributed by atoms with Gasteiger partial charge in [-0.25, -0.2) is 18.1 Å². The maximum Gasteiger partial charge on any atom is 0.435 e. The van der Waals surface area contributed by atoms with Crippen molar-refractivity contribution in [3.8, 4) is 17.1 Å². The van der Waals surface area contributed by atoms with Crippen molar-refractivity contribution < 1.29 is 21.6 Å². The standard InChI is InChI=1S/C16H10Cl2F3N3O2S/c1-27(25,26)10-4-5-22-15(7-10)24-13(8-14(23-24)16(19,20)21)11-3-2-9(17)6-12(11)18/h2-8H,1H3. The van der Waals surface area contributed by atoms with Crippen LogP contribution in [0.4, 0.5) is 13.2 Å². The minimum absolute atomic E-state index is 0.0119. The molecule has 0 aliphatic rings. The van der Waals surface area contributed by atoms with Gasteiger partial charge in [0.25, 0.3) is 0 Å². The second-order valence-corrected chi connectivity index (χ2v) is 8.43. The highest BCUT2D eigenvalue weighted by molar-refractivity contribution is 7.90. The van der Waals surface area contributed by atoms with Crippen molar-refractivity contribution in [2.24, 2.45) is 0 Å². The number of hydrogen-bond donors (Lipinski definition) is 0. The van der Waals surface area contributed by atoms with Crippen LogP contribution in [0.3, 0.4) is 0 Å². The average Bonchev–Trinajstić information content (AvgIpc) is 2.99. The van der Waals surface area contributed by atoms with Crippen molar-refractivity contribution in [1.82, 2.24) is 14.8 Å². The topological polar surface area (TPSA) is 64.8 Å². The molecule has 0 fully saturated rings. The molecule has 3 rings (SSSR count). The van der Waals surface area contributed by atoms with E-state index in [1.165, 1.54) is 30.5 Å². The fourth-order valence-corrected chi connectivity index (χ4v) is 3.46. The Hall–Kier alpha value is -2.10. The van der Waals surface area contributed by atoms with Crippen molar-refractivity contribution in [3.63, 3.8) is 0 Å². The van der Waals surface area contributed by atoms with E-state index in [2.05, 4.69) is 10.1 Å². The van der Waals surface area contributed by atoms with E-state index in [4.69, 9.17) is 23.2 Å². The van der Waals surface area contributed by atoms with Crippen LogP contribution in [0.25, 0.3) is 17.1 Å². The first-order valence-corrected chi connectivity index (χ1v) is 9.91. The van der Waals surface area contributed by atoms with Gasteiger partial charge in [0.05, 0.1) is 15.6 Å². The van der Waals surface area contributed by atoms with Gasteiger partial charge in [-0.1, -0.05) is 23.2 Å². The molecule has 0 unspecified atom stereocenters. The third-order valence-corrected chi connectivity index (χ3v) is 5.23. The molecule has 0 N–H and O–H groups in total. The van der Waals surface area contributed by atoms with Gasteiger partial charge in [-0.3, -0.25) is 0 Å². The van der Waals surface area contributed by atoms with Crippen LogP contribution in [0, 0.1) is 0 Å². The summed E-state index contributed by atoms with van der Waals surface area (Å²) in [6.07, 6.45) is -2.56. The van der Waals surface area contributed by atoms with Crippen LogP contribution in [0.1, 0.15) is 5.69 Å². The molecule has 0 saturated heterocycles. The minimum Gasteiger partial charge on any atom is -0.237 e. The van der Waals surface area contributed by atoms with E-state index in [1.807, 2.05) is 0 Å². The zero-order chi connectivity index (χ0) is 20.0. The quantitative estimate of drug-likeness (QED) is 0.599. The first-order chi connectivity index (χ1) is 12.5. The monoisotopic (exact) mass is 435 g/mol. The van der Waals surface area contributed by atoms with E-state index in [0.29, 0.717) is 5.02 Å². The molecule has 11 heteroatoms. The number of halogens is 5. The lowest BCUT2D eigenvalue weighted by Crippen LogP contribution is -2.09. The second-order valence-electron chi connectivity index (χ2n) is 5.57. The Balaban J connectivity index is 2.28. The first-order valence-electron chi connectivity index (χ1n) is 7.26. The fourth-order valence-electron chi connectivity index (χ4n) is 2.33.